The van der Waals surface area contributed by atoms with E-state index in [0.29, 0.717) is 17.6 Å². The van der Waals surface area contributed by atoms with Crippen LogP contribution in [0.1, 0.15) is 11.7 Å². The molecule has 1 unspecified atom stereocenters. The quantitative estimate of drug-likeness (QED) is 0.856. The molecule has 0 saturated carbocycles. The molecule has 1 atom stereocenters. The Morgan fingerprint density at radius 2 is 1.84 bits per heavy atom. The average molecular weight is 256 g/mol. The Labute approximate surface area is 110 Å². The second-order valence-electron chi connectivity index (χ2n) is 4.27. The van der Waals surface area contributed by atoms with E-state index < -0.39 is 6.10 Å². The van der Waals surface area contributed by atoms with Gasteiger partial charge in [0.25, 0.3) is 0 Å². The first kappa shape index (κ1) is 11.7. The van der Waals surface area contributed by atoms with Crippen LogP contribution in [0.25, 0.3) is 11.1 Å². The molecule has 0 aliphatic carbocycles. The van der Waals surface area contributed by atoms with Gasteiger partial charge in [0.15, 0.2) is 17.8 Å². The summed E-state index contributed by atoms with van der Waals surface area (Å²) in [4.78, 5) is 10.6. The largest absolute Gasteiger partial charge is 0.454 e. The number of hydrogen-bond acceptors (Lipinski definition) is 4. The lowest BCUT2D eigenvalue weighted by Gasteiger charge is -2.07. The van der Waals surface area contributed by atoms with Crippen LogP contribution < -0.4 is 9.47 Å². The third-order valence-electron chi connectivity index (χ3n) is 3.06. The van der Waals surface area contributed by atoms with Gasteiger partial charge in [-0.05, 0) is 34.9 Å². The summed E-state index contributed by atoms with van der Waals surface area (Å²) in [6, 6.07) is 12.9. The van der Waals surface area contributed by atoms with E-state index in [1.54, 1.807) is 12.1 Å². The molecule has 0 saturated heterocycles. The second-order valence-corrected chi connectivity index (χ2v) is 4.27. The predicted molar refractivity (Wildman–Crippen MR) is 69.0 cm³/mol. The first-order valence-electron chi connectivity index (χ1n) is 5.91. The highest BCUT2D eigenvalue weighted by Gasteiger charge is 2.14. The molecule has 1 aliphatic heterocycles. The zero-order valence-corrected chi connectivity index (χ0v) is 10.1. The van der Waals surface area contributed by atoms with Gasteiger partial charge in [-0.1, -0.05) is 24.3 Å². The maximum absolute atomic E-state index is 10.6. The van der Waals surface area contributed by atoms with Crippen LogP contribution in [0.15, 0.2) is 42.5 Å². The number of aliphatic hydroxyl groups is 1. The van der Waals surface area contributed by atoms with Crippen molar-refractivity contribution < 1.29 is 19.4 Å². The van der Waals surface area contributed by atoms with Gasteiger partial charge >= 0.3 is 0 Å². The van der Waals surface area contributed by atoms with Gasteiger partial charge in [0.1, 0.15) is 6.10 Å². The molecule has 0 amide bonds. The fourth-order valence-electron chi connectivity index (χ4n) is 2.06. The number of hydrogen-bond donors (Lipinski definition) is 1. The molecule has 2 aromatic carbocycles. The van der Waals surface area contributed by atoms with Crippen LogP contribution in [0.3, 0.4) is 0 Å². The molecule has 96 valence electrons. The van der Waals surface area contributed by atoms with Gasteiger partial charge < -0.3 is 19.4 Å². The van der Waals surface area contributed by atoms with Crippen molar-refractivity contribution in [1.82, 2.24) is 0 Å². The van der Waals surface area contributed by atoms with E-state index >= 15 is 0 Å². The van der Waals surface area contributed by atoms with Gasteiger partial charge in [0, 0.05) is 0 Å². The van der Waals surface area contributed by atoms with Gasteiger partial charge in [-0.15, -0.1) is 0 Å². The normalized spacial score (nSPS) is 14.2. The third-order valence-corrected chi connectivity index (χ3v) is 3.06. The Morgan fingerprint density at radius 3 is 2.68 bits per heavy atom. The topological polar surface area (TPSA) is 55.8 Å². The molecule has 0 radical (unpaired) electrons. The van der Waals surface area contributed by atoms with Gasteiger partial charge in [0.2, 0.25) is 6.79 Å². The Balaban J connectivity index is 2.00. The lowest BCUT2D eigenvalue weighted by molar-refractivity contribution is -0.115. The van der Waals surface area contributed by atoms with Gasteiger partial charge in [0.05, 0.1) is 0 Å². The van der Waals surface area contributed by atoms with Crippen molar-refractivity contribution in [3.8, 4) is 22.6 Å². The molecule has 0 spiro atoms. The van der Waals surface area contributed by atoms with Crippen LogP contribution in [0.5, 0.6) is 11.5 Å². The summed E-state index contributed by atoms with van der Waals surface area (Å²) >= 11 is 0. The molecule has 2 aromatic rings. The number of carbonyl (C=O) groups is 1. The standard InChI is InChI=1S/C15H12O4/c16-8-13(17)12-3-1-2-10(6-12)11-4-5-14-15(7-11)19-9-18-14/h1-8,13,17H,9H2. The van der Waals surface area contributed by atoms with E-state index in [2.05, 4.69) is 0 Å². The molecule has 19 heavy (non-hydrogen) atoms. The molecule has 0 fully saturated rings. The molecular formula is C15H12O4. The minimum atomic E-state index is -1.09. The molecular weight excluding hydrogens is 244 g/mol. The van der Waals surface area contributed by atoms with Gasteiger partial charge in [-0.25, -0.2) is 0 Å². The van der Waals surface area contributed by atoms with Crippen molar-refractivity contribution >= 4 is 6.29 Å². The molecule has 4 nitrogen and oxygen atoms in total. The highest BCUT2D eigenvalue weighted by atomic mass is 16.7. The van der Waals surface area contributed by atoms with E-state index in [0.717, 1.165) is 16.9 Å². The molecule has 0 aromatic heterocycles. The van der Waals surface area contributed by atoms with Crippen molar-refractivity contribution in [1.29, 1.82) is 0 Å². The Kier molecular flexibility index (Phi) is 2.93. The van der Waals surface area contributed by atoms with Crippen LogP contribution in [0, 0.1) is 0 Å². The molecule has 0 bridgehead atoms. The number of rotatable bonds is 3. The number of fused-ring (bicyclic) bond motifs is 1. The van der Waals surface area contributed by atoms with Crippen LogP contribution in [0.4, 0.5) is 0 Å². The molecule has 4 heteroatoms. The van der Waals surface area contributed by atoms with Gasteiger partial charge in [-0.3, -0.25) is 0 Å². The lowest BCUT2D eigenvalue weighted by atomic mass is 10.0. The van der Waals surface area contributed by atoms with Crippen LogP contribution in [0.2, 0.25) is 0 Å². The first-order chi connectivity index (χ1) is 9.28. The Hall–Kier alpha value is -2.33. The summed E-state index contributed by atoms with van der Waals surface area (Å²) in [6.45, 7) is 0.239. The number of aldehydes is 1. The van der Waals surface area contributed by atoms with Crippen molar-refractivity contribution in [3.63, 3.8) is 0 Å². The summed E-state index contributed by atoms with van der Waals surface area (Å²) in [5.74, 6) is 1.44. The smallest absolute Gasteiger partial charge is 0.231 e. The third kappa shape index (κ3) is 2.18. The second kappa shape index (κ2) is 4.74. The lowest BCUT2D eigenvalue weighted by Crippen LogP contribution is -1.97. The summed E-state index contributed by atoms with van der Waals surface area (Å²) in [7, 11) is 0. The van der Waals surface area contributed by atoms with Crippen LogP contribution in [-0.2, 0) is 4.79 Å². The van der Waals surface area contributed by atoms with E-state index in [1.807, 2.05) is 30.3 Å². The SMILES string of the molecule is O=CC(O)c1cccc(-c2ccc3c(c2)OCO3)c1. The zero-order chi connectivity index (χ0) is 13.2. The minimum absolute atomic E-state index is 0.239. The van der Waals surface area contributed by atoms with Crippen molar-refractivity contribution in [2.45, 2.75) is 6.10 Å². The predicted octanol–water partition coefficient (Wildman–Crippen LogP) is 2.31. The average Bonchev–Trinajstić information content (AvgIpc) is 2.94. The summed E-state index contributed by atoms with van der Waals surface area (Å²) in [5, 5.41) is 9.54. The summed E-state index contributed by atoms with van der Waals surface area (Å²) in [6.07, 6.45) is -0.576. The molecule has 1 N–H and O–H groups in total. The fraction of sp³-hybridized carbons (Fsp3) is 0.133. The van der Waals surface area contributed by atoms with E-state index in [4.69, 9.17) is 9.47 Å². The number of benzene rings is 2. The van der Waals surface area contributed by atoms with Crippen molar-refractivity contribution in [2.24, 2.45) is 0 Å². The highest BCUT2D eigenvalue weighted by Crippen LogP contribution is 2.36. The summed E-state index contributed by atoms with van der Waals surface area (Å²) in [5.41, 5.74) is 2.44. The van der Waals surface area contributed by atoms with Crippen molar-refractivity contribution in [2.75, 3.05) is 6.79 Å². The van der Waals surface area contributed by atoms with Crippen LogP contribution >= 0.6 is 0 Å². The van der Waals surface area contributed by atoms with E-state index in [1.165, 1.54) is 0 Å². The number of aliphatic hydroxyl groups excluding tert-OH is 1. The van der Waals surface area contributed by atoms with E-state index in [9.17, 15) is 9.90 Å². The minimum Gasteiger partial charge on any atom is -0.454 e. The Morgan fingerprint density at radius 1 is 1.05 bits per heavy atom. The Bertz CT molecular complexity index is 621. The maximum Gasteiger partial charge on any atom is 0.231 e. The maximum atomic E-state index is 10.6. The fourth-order valence-corrected chi connectivity index (χ4v) is 2.06. The number of ether oxygens (including phenoxy) is 2. The zero-order valence-electron chi connectivity index (χ0n) is 10.1. The van der Waals surface area contributed by atoms with E-state index in [-0.39, 0.29) is 6.79 Å². The monoisotopic (exact) mass is 256 g/mol. The summed E-state index contributed by atoms with van der Waals surface area (Å²) < 4.78 is 10.6. The highest BCUT2D eigenvalue weighted by molar-refractivity contribution is 5.70. The van der Waals surface area contributed by atoms with Gasteiger partial charge in [-0.2, -0.15) is 0 Å². The van der Waals surface area contributed by atoms with Crippen molar-refractivity contribution in [3.05, 3.63) is 48.0 Å². The molecule has 3 rings (SSSR count). The number of carbonyl (C=O) groups excluding carboxylic acids is 1. The molecule has 1 aliphatic rings. The van der Waals surface area contributed by atoms with Crippen LogP contribution in [-0.4, -0.2) is 18.2 Å². The first-order valence-corrected chi connectivity index (χ1v) is 5.91. The molecule has 1 heterocycles.